The lowest BCUT2D eigenvalue weighted by Crippen LogP contribution is -2.46. The van der Waals surface area contributed by atoms with Crippen molar-refractivity contribution in [2.24, 2.45) is 5.73 Å². The Morgan fingerprint density at radius 1 is 1.20 bits per heavy atom. The highest BCUT2D eigenvalue weighted by Gasteiger charge is 2.28. The summed E-state index contributed by atoms with van der Waals surface area (Å²) in [6, 6.07) is 0. The normalized spacial score (nSPS) is 12.0. The van der Waals surface area contributed by atoms with E-state index in [2.05, 4.69) is 0 Å². The van der Waals surface area contributed by atoms with Crippen LogP contribution in [0.4, 0.5) is 0 Å². The Hall–Kier alpha value is 0.0969. The van der Waals surface area contributed by atoms with Crippen LogP contribution in [0.25, 0.3) is 0 Å². The van der Waals surface area contributed by atoms with Crippen LogP contribution < -0.4 is 5.73 Å². The predicted molar refractivity (Wildman–Crippen MR) is 43.9 cm³/mol. The SMILES string of the molecule is CCO[Si](C)(CN)OCC. The summed E-state index contributed by atoms with van der Waals surface area (Å²) in [6.45, 7) is 7.29. The molecule has 0 saturated carbocycles. The Labute approximate surface area is 63.8 Å². The second-order valence-electron chi connectivity index (χ2n) is 2.20. The molecule has 0 atom stereocenters. The zero-order valence-corrected chi connectivity index (χ0v) is 8.02. The predicted octanol–water partition coefficient (Wildman–Crippen LogP) is 0.629. The van der Waals surface area contributed by atoms with Crippen molar-refractivity contribution in [3.63, 3.8) is 0 Å². The lowest BCUT2D eigenvalue weighted by atomic mass is 10.9. The van der Waals surface area contributed by atoms with Crippen molar-refractivity contribution in [3.8, 4) is 0 Å². The monoisotopic (exact) mass is 163 g/mol. The van der Waals surface area contributed by atoms with Gasteiger partial charge in [0.05, 0.1) is 0 Å². The maximum Gasteiger partial charge on any atom is 0.348 e. The minimum atomic E-state index is -1.95. The van der Waals surface area contributed by atoms with Gasteiger partial charge < -0.3 is 14.6 Å². The first kappa shape index (κ1) is 10.1. The molecule has 0 fully saturated rings. The van der Waals surface area contributed by atoms with Crippen LogP contribution in [0.1, 0.15) is 13.8 Å². The summed E-state index contributed by atoms with van der Waals surface area (Å²) in [7, 11) is -1.95. The molecular formula is C6H17NO2Si. The third kappa shape index (κ3) is 3.31. The van der Waals surface area contributed by atoms with Crippen LogP contribution in [0.3, 0.4) is 0 Å². The average Bonchev–Trinajstić information content (AvgIpc) is 1.89. The molecule has 0 heterocycles. The zero-order chi connectivity index (χ0) is 8.04. The van der Waals surface area contributed by atoms with Crippen molar-refractivity contribution in [1.82, 2.24) is 0 Å². The standard InChI is InChI=1S/C6H17NO2Si/c1-4-8-10(3,6-7)9-5-2/h4-7H2,1-3H3. The molecule has 4 heteroatoms. The summed E-state index contributed by atoms with van der Waals surface area (Å²) in [4.78, 5) is 0. The molecule has 0 spiro atoms. The van der Waals surface area contributed by atoms with Gasteiger partial charge >= 0.3 is 8.56 Å². The van der Waals surface area contributed by atoms with Crippen molar-refractivity contribution in [3.05, 3.63) is 0 Å². The molecule has 0 bridgehead atoms. The zero-order valence-electron chi connectivity index (χ0n) is 7.02. The third-order valence-corrected chi connectivity index (χ3v) is 3.81. The Balaban J connectivity index is 3.69. The molecule has 2 N–H and O–H groups in total. The van der Waals surface area contributed by atoms with Gasteiger partial charge in [0.15, 0.2) is 0 Å². The van der Waals surface area contributed by atoms with Gasteiger partial charge in [-0.25, -0.2) is 0 Å². The molecule has 62 valence electrons. The van der Waals surface area contributed by atoms with E-state index in [1.165, 1.54) is 0 Å². The maximum absolute atomic E-state index is 5.49. The molecule has 10 heavy (non-hydrogen) atoms. The Kier molecular flexibility index (Phi) is 4.89. The Bertz CT molecular complexity index is 83.8. The van der Waals surface area contributed by atoms with Crippen LogP contribution in [0.15, 0.2) is 0 Å². The lowest BCUT2D eigenvalue weighted by Gasteiger charge is -2.23. The second-order valence-corrected chi connectivity index (χ2v) is 5.46. The molecule has 0 aromatic carbocycles. The summed E-state index contributed by atoms with van der Waals surface area (Å²) < 4.78 is 10.8. The van der Waals surface area contributed by atoms with Crippen LogP contribution in [-0.2, 0) is 8.85 Å². The van der Waals surface area contributed by atoms with Crippen LogP contribution in [0.5, 0.6) is 0 Å². The highest BCUT2D eigenvalue weighted by Crippen LogP contribution is 2.03. The van der Waals surface area contributed by atoms with E-state index < -0.39 is 8.56 Å². The van der Waals surface area contributed by atoms with Gasteiger partial charge in [0, 0.05) is 19.4 Å². The van der Waals surface area contributed by atoms with Crippen molar-refractivity contribution >= 4 is 8.56 Å². The first-order valence-corrected chi connectivity index (χ1v) is 6.19. The van der Waals surface area contributed by atoms with Gasteiger partial charge in [0.1, 0.15) is 0 Å². The summed E-state index contributed by atoms with van der Waals surface area (Å²) in [5, 5.41) is 0. The third-order valence-electron chi connectivity index (χ3n) is 1.27. The van der Waals surface area contributed by atoms with Gasteiger partial charge in [-0.05, 0) is 20.4 Å². The van der Waals surface area contributed by atoms with Crippen LogP contribution in [-0.4, -0.2) is 27.9 Å². The van der Waals surface area contributed by atoms with E-state index in [1.54, 1.807) is 0 Å². The molecule has 0 amide bonds. The number of rotatable bonds is 5. The average molecular weight is 163 g/mol. The van der Waals surface area contributed by atoms with Crippen molar-refractivity contribution in [2.45, 2.75) is 20.4 Å². The quantitative estimate of drug-likeness (QED) is 0.605. The molecule has 0 unspecified atom stereocenters. The van der Waals surface area contributed by atoms with Crippen molar-refractivity contribution < 1.29 is 8.85 Å². The largest absolute Gasteiger partial charge is 0.394 e. The van der Waals surface area contributed by atoms with E-state index in [1.807, 2.05) is 20.4 Å². The van der Waals surface area contributed by atoms with Gasteiger partial charge in [0.2, 0.25) is 0 Å². The highest BCUT2D eigenvalue weighted by atomic mass is 28.4. The second kappa shape index (κ2) is 4.84. The molecule has 0 aliphatic rings. The molecule has 0 aliphatic carbocycles. The first-order valence-electron chi connectivity index (χ1n) is 3.66. The molecule has 0 aromatic rings. The minimum Gasteiger partial charge on any atom is -0.394 e. The minimum absolute atomic E-state index is 0.536. The number of hydrogen-bond acceptors (Lipinski definition) is 3. The van der Waals surface area contributed by atoms with Gasteiger partial charge in [0.25, 0.3) is 0 Å². The van der Waals surface area contributed by atoms with E-state index in [4.69, 9.17) is 14.6 Å². The van der Waals surface area contributed by atoms with Crippen molar-refractivity contribution in [1.29, 1.82) is 0 Å². The van der Waals surface area contributed by atoms with E-state index in [-0.39, 0.29) is 0 Å². The fourth-order valence-corrected chi connectivity index (χ4v) is 2.31. The molecule has 3 nitrogen and oxygen atoms in total. The van der Waals surface area contributed by atoms with E-state index in [9.17, 15) is 0 Å². The topological polar surface area (TPSA) is 44.5 Å². The summed E-state index contributed by atoms with van der Waals surface area (Å²) >= 11 is 0. The van der Waals surface area contributed by atoms with E-state index in [0.29, 0.717) is 19.4 Å². The fourth-order valence-electron chi connectivity index (χ4n) is 0.770. The number of nitrogens with two attached hydrogens (primary N) is 1. The Morgan fingerprint density at radius 2 is 1.60 bits per heavy atom. The fraction of sp³-hybridized carbons (Fsp3) is 1.00. The van der Waals surface area contributed by atoms with Gasteiger partial charge in [-0.2, -0.15) is 0 Å². The molecule has 0 aliphatic heterocycles. The summed E-state index contributed by atoms with van der Waals surface area (Å²) in [6.07, 6.45) is 0.536. The van der Waals surface area contributed by atoms with E-state index >= 15 is 0 Å². The molecule has 0 aromatic heterocycles. The van der Waals surface area contributed by atoms with E-state index in [0.717, 1.165) is 0 Å². The van der Waals surface area contributed by atoms with Crippen LogP contribution in [0.2, 0.25) is 6.55 Å². The van der Waals surface area contributed by atoms with Gasteiger partial charge in [-0.3, -0.25) is 0 Å². The molecular weight excluding hydrogens is 146 g/mol. The molecule has 0 radical (unpaired) electrons. The van der Waals surface area contributed by atoms with Gasteiger partial charge in [-0.15, -0.1) is 0 Å². The molecule has 0 saturated heterocycles. The molecule has 0 rings (SSSR count). The Morgan fingerprint density at radius 3 is 1.80 bits per heavy atom. The summed E-state index contributed by atoms with van der Waals surface area (Å²) in [5.41, 5.74) is 5.49. The number of hydrogen-bond donors (Lipinski definition) is 1. The highest BCUT2D eigenvalue weighted by molar-refractivity contribution is 6.66. The van der Waals surface area contributed by atoms with Crippen molar-refractivity contribution in [2.75, 3.05) is 19.4 Å². The maximum atomic E-state index is 5.49. The summed E-state index contributed by atoms with van der Waals surface area (Å²) in [5.74, 6) is 0. The smallest absolute Gasteiger partial charge is 0.348 e. The lowest BCUT2D eigenvalue weighted by molar-refractivity contribution is 0.190. The van der Waals surface area contributed by atoms with Gasteiger partial charge in [-0.1, -0.05) is 0 Å². The van der Waals surface area contributed by atoms with Crippen LogP contribution >= 0.6 is 0 Å². The first-order chi connectivity index (χ1) is 4.68. The van der Waals surface area contributed by atoms with Crippen LogP contribution in [0, 0.1) is 0 Å².